The van der Waals surface area contributed by atoms with Gasteiger partial charge in [-0.2, -0.15) is 13.2 Å². The predicted molar refractivity (Wildman–Crippen MR) is 56.7 cm³/mol. The summed E-state index contributed by atoms with van der Waals surface area (Å²) in [5.74, 6) is -0.765. The number of hydrogen-bond acceptors (Lipinski definition) is 2. The fourth-order valence-corrected chi connectivity index (χ4v) is 2.01. The first-order valence-electron chi connectivity index (χ1n) is 5.06. The lowest BCUT2D eigenvalue weighted by Gasteiger charge is -2.27. The number of fused-ring (bicyclic) bond motifs is 1. The van der Waals surface area contributed by atoms with E-state index in [0.29, 0.717) is 4.90 Å². The molecular formula is C10H10F3N3O2. The summed E-state index contributed by atoms with van der Waals surface area (Å²) in [4.78, 5) is 26.0. The molecule has 1 aromatic rings. The van der Waals surface area contributed by atoms with E-state index in [1.165, 1.54) is 6.92 Å². The summed E-state index contributed by atoms with van der Waals surface area (Å²) in [6, 6.07) is 0. The van der Waals surface area contributed by atoms with Crippen molar-refractivity contribution in [2.45, 2.75) is 19.6 Å². The van der Waals surface area contributed by atoms with Crippen LogP contribution in [0.5, 0.6) is 0 Å². The normalized spacial score (nSPS) is 16.1. The van der Waals surface area contributed by atoms with Crippen LogP contribution >= 0.6 is 0 Å². The molecule has 1 N–H and O–H groups in total. The number of aromatic amines is 1. The van der Waals surface area contributed by atoms with Crippen LogP contribution in [0.2, 0.25) is 0 Å². The molecule has 8 heteroatoms. The molecule has 1 aromatic heterocycles. The lowest BCUT2D eigenvalue weighted by atomic mass is 10.3. The monoisotopic (exact) mass is 261 g/mol. The zero-order chi connectivity index (χ0) is 13.7. The molecule has 0 atom stereocenters. The van der Waals surface area contributed by atoms with E-state index in [0.717, 1.165) is 4.57 Å². The first-order valence-corrected chi connectivity index (χ1v) is 5.06. The standard InChI is InChI=1S/C10H10F3N3O2/c1-5-8-6(2)16(4-10(11,12)13)7(17)3-15(8)9(18)14-5/h1,3-4H2,2H3,(H,14,18). The van der Waals surface area contributed by atoms with Crippen molar-refractivity contribution < 1.29 is 18.0 Å². The van der Waals surface area contributed by atoms with Crippen LogP contribution in [0, 0.1) is 0 Å². The van der Waals surface area contributed by atoms with E-state index in [-0.39, 0.29) is 16.4 Å². The molecule has 0 saturated carbocycles. The highest BCUT2D eigenvalue weighted by atomic mass is 19.4. The summed E-state index contributed by atoms with van der Waals surface area (Å²) in [7, 11) is 0. The van der Waals surface area contributed by atoms with E-state index in [2.05, 4.69) is 11.6 Å². The lowest BCUT2D eigenvalue weighted by Crippen LogP contribution is -2.51. The molecule has 0 radical (unpaired) electrons. The van der Waals surface area contributed by atoms with Crippen LogP contribution in [0.4, 0.5) is 13.2 Å². The van der Waals surface area contributed by atoms with Gasteiger partial charge >= 0.3 is 11.9 Å². The Labute approximate surface area is 98.8 Å². The third kappa shape index (κ3) is 1.93. The van der Waals surface area contributed by atoms with Gasteiger partial charge in [-0.25, -0.2) is 4.79 Å². The smallest absolute Gasteiger partial charge is 0.306 e. The summed E-state index contributed by atoms with van der Waals surface area (Å²) >= 11 is 0. The summed E-state index contributed by atoms with van der Waals surface area (Å²) in [6.07, 6.45) is -4.49. The molecule has 0 spiro atoms. The second-order valence-corrected chi connectivity index (χ2v) is 4.02. The van der Waals surface area contributed by atoms with Crippen LogP contribution in [-0.4, -0.2) is 33.1 Å². The van der Waals surface area contributed by atoms with Gasteiger partial charge in [0.1, 0.15) is 13.1 Å². The third-order valence-electron chi connectivity index (χ3n) is 2.74. The number of carbonyl (C=O) groups is 1. The highest BCUT2D eigenvalue weighted by Crippen LogP contribution is 2.20. The molecule has 1 aliphatic heterocycles. The summed E-state index contributed by atoms with van der Waals surface area (Å²) in [5, 5.41) is 0.445. The second kappa shape index (κ2) is 3.76. The average molecular weight is 261 g/mol. The fourth-order valence-electron chi connectivity index (χ4n) is 2.01. The molecular weight excluding hydrogens is 251 g/mol. The van der Waals surface area contributed by atoms with Crippen molar-refractivity contribution >= 4 is 18.2 Å². The molecule has 2 heterocycles. The molecule has 0 unspecified atom stereocenters. The number of aromatic nitrogens is 2. The molecule has 0 fully saturated rings. The fraction of sp³-hybridized carbons (Fsp3) is 0.400. The number of nitrogens with one attached hydrogen (secondary N) is 1. The molecule has 18 heavy (non-hydrogen) atoms. The predicted octanol–water partition coefficient (Wildman–Crippen LogP) is -0.881. The Bertz CT molecular complexity index is 668. The van der Waals surface area contributed by atoms with Crippen LogP contribution < -0.4 is 16.4 Å². The van der Waals surface area contributed by atoms with Gasteiger partial charge in [0.2, 0.25) is 5.91 Å². The van der Waals surface area contributed by atoms with Crippen molar-refractivity contribution in [3.8, 4) is 0 Å². The van der Waals surface area contributed by atoms with E-state index >= 15 is 0 Å². The minimum absolute atomic E-state index is 0.0759. The van der Waals surface area contributed by atoms with Crippen molar-refractivity contribution in [2.24, 2.45) is 0 Å². The molecule has 98 valence electrons. The first-order chi connectivity index (χ1) is 8.20. The van der Waals surface area contributed by atoms with E-state index in [4.69, 9.17) is 0 Å². The SMILES string of the molecule is C=c1[nH]c(=O)n2c1=C(C)N(CC(F)(F)F)C(=O)C2. The number of hydrogen-bond donors (Lipinski definition) is 1. The number of amides is 1. The van der Waals surface area contributed by atoms with Crippen LogP contribution in [0.3, 0.4) is 0 Å². The number of imidazole rings is 1. The maximum atomic E-state index is 12.4. The molecule has 0 saturated heterocycles. The van der Waals surface area contributed by atoms with E-state index < -0.39 is 30.9 Å². The number of halogens is 3. The van der Waals surface area contributed by atoms with E-state index in [1.807, 2.05) is 0 Å². The Morgan fingerprint density at radius 3 is 2.56 bits per heavy atom. The highest BCUT2D eigenvalue weighted by Gasteiger charge is 2.36. The van der Waals surface area contributed by atoms with Crippen LogP contribution in [0.1, 0.15) is 6.92 Å². The molecule has 0 aliphatic carbocycles. The van der Waals surface area contributed by atoms with Gasteiger partial charge in [-0.15, -0.1) is 0 Å². The number of carbonyl (C=O) groups excluding carboxylic acids is 1. The van der Waals surface area contributed by atoms with E-state index in [1.54, 1.807) is 0 Å². The average Bonchev–Trinajstić information content (AvgIpc) is 2.47. The maximum Gasteiger partial charge on any atom is 0.406 e. The summed E-state index contributed by atoms with van der Waals surface area (Å²) in [6.45, 7) is 3.13. The van der Waals surface area contributed by atoms with Gasteiger partial charge in [0.15, 0.2) is 0 Å². The Hall–Kier alpha value is -1.99. The zero-order valence-corrected chi connectivity index (χ0v) is 9.47. The highest BCUT2D eigenvalue weighted by molar-refractivity contribution is 5.83. The quantitative estimate of drug-likeness (QED) is 0.713. The lowest BCUT2D eigenvalue weighted by molar-refractivity contribution is -0.155. The summed E-state index contributed by atoms with van der Waals surface area (Å²) < 4.78 is 38.2. The number of H-pyrrole nitrogens is 1. The number of nitrogens with zero attached hydrogens (tertiary/aromatic N) is 2. The van der Waals surface area contributed by atoms with Crippen LogP contribution in [0.25, 0.3) is 12.3 Å². The van der Waals surface area contributed by atoms with Crippen LogP contribution in [0.15, 0.2) is 4.79 Å². The minimum atomic E-state index is -4.49. The molecule has 2 rings (SSSR count). The molecule has 5 nitrogen and oxygen atoms in total. The van der Waals surface area contributed by atoms with Gasteiger partial charge in [0.05, 0.1) is 10.7 Å². The van der Waals surface area contributed by atoms with Gasteiger partial charge in [0.25, 0.3) is 0 Å². The Balaban J connectivity index is 2.64. The Kier molecular flexibility index (Phi) is 2.60. The molecule has 0 aromatic carbocycles. The van der Waals surface area contributed by atoms with Crippen LogP contribution in [-0.2, 0) is 11.3 Å². The molecule has 0 bridgehead atoms. The Morgan fingerprint density at radius 1 is 1.39 bits per heavy atom. The number of rotatable bonds is 1. The molecule has 1 aliphatic rings. The van der Waals surface area contributed by atoms with E-state index in [9.17, 15) is 22.8 Å². The maximum absolute atomic E-state index is 12.4. The van der Waals surface area contributed by atoms with Gasteiger partial charge in [-0.3, -0.25) is 9.36 Å². The van der Waals surface area contributed by atoms with Gasteiger partial charge in [-0.05, 0) is 6.92 Å². The van der Waals surface area contributed by atoms with Crippen molar-refractivity contribution in [2.75, 3.05) is 6.54 Å². The molecule has 1 amide bonds. The van der Waals surface area contributed by atoms with Gasteiger partial charge in [0, 0.05) is 5.70 Å². The van der Waals surface area contributed by atoms with Gasteiger partial charge < -0.3 is 9.88 Å². The van der Waals surface area contributed by atoms with Crippen molar-refractivity contribution in [3.05, 3.63) is 21.2 Å². The van der Waals surface area contributed by atoms with Gasteiger partial charge in [-0.1, -0.05) is 6.58 Å². The summed E-state index contributed by atoms with van der Waals surface area (Å²) in [5.41, 5.74) is -0.471. The first kappa shape index (κ1) is 12.5. The largest absolute Gasteiger partial charge is 0.406 e. The van der Waals surface area contributed by atoms with Crippen molar-refractivity contribution in [1.29, 1.82) is 0 Å². The van der Waals surface area contributed by atoms with Crippen molar-refractivity contribution in [1.82, 2.24) is 14.5 Å². The zero-order valence-electron chi connectivity index (χ0n) is 9.47. The topological polar surface area (TPSA) is 58.1 Å². The number of alkyl halides is 3. The minimum Gasteiger partial charge on any atom is -0.306 e. The Morgan fingerprint density at radius 2 is 2.00 bits per heavy atom. The second-order valence-electron chi connectivity index (χ2n) is 4.02. The third-order valence-corrected chi connectivity index (χ3v) is 2.74. The van der Waals surface area contributed by atoms with Crippen molar-refractivity contribution in [3.63, 3.8) is 0 Å².